The molecule has 17 heavy (non-hydrogen) atoms. The van der Waals surface area contributed by atoms with Crippen LogP contribution in [0.2, 0.25) is 0 Å². The maximum Gasteiger partial charge on any atom is 0.229 e. The smallest absolute Gasteiger partial charge is 0.229 e. The van der Waals surface area contributed by atoms with Crippen molar-refractivity contribution in [3.8, 4) is 5.88 Å². The van der Waals surface area contributed by atoms with Gasteiger partial charge in [-0.25, -0.2) is 0 Å². The zero-order valence-corrected chi connectivity index (χ0v) is 9.93. The van der Waals surface area contributed by atoms with Crippen molar-refractivity contribution in [2.24, 2.45) is 7.05 Å². The largest absolute Gasteiger partial charge is 0.492 e. The summed E-state index contributed by atoms with van der Waals surface area (Å²) in [7, 11) is 1.95. The highest BCUT2D eigenvalue weighted by Crippen LogP contribution is 2.48. The van der Waals surface area contributed by atoms with Crippen LogP contribution in [-0.2, 0) is 12.5 Å². The number of nitrogens with zero attached hydrogens (tertiary/aromatic N) is 2. The van der Waals surface area contributed by atoms with Crippen LogP contribution in [0.4, 0.5) is 0 Å². The molecule has 1 N–H and O–H groups in total. The van der Waals surface area contributed by atoms with Gasteiger partial charge in [0.05, 0.1) is 11.6 Å². The maximum absolute atomic E-state index is 9.53. The first-order valence-electron chi connectivity index (χ1n) is 6.01. The molecule has 0 saturated heterocycles. The van der Waals surface area contributed by atoms with Crippen LogP contribution >= 0.6 is 0 Å². The van der Waals surface area contributed by atoms with Crippen molar-refractivity contribution in [2.45, 2.75) is 24.7 Å². The summed E-state index contributed by atoms with van der Waals surface area (Å²) >= 11 is 0. The molecule has 2 aromatic rings. The van der Waals surface area contributed by atoms with Gasteiger partial charge in [0.2, 0.25) is 5.88 Å². The summed E-state index contributed by atoms with van der Waals surface area (Å²) in [4.78, 5) is 4.30. The lowest BCUT2D eigenvalue weighted by atomic mass is 9.64. The molecule has 1 aliphatic carbocycles. The number of aromatic nitrogens is 2. The molecular weight excluding hydrogens is 212 g/mol. The lowest BCUT2D eigenvalue weighted by molar-refractivity contribution is 0.278. The Hall–Kier alpha value is -1.77. The Bertz CT molecular complexity index is 526. The number of benzene rings is 1. The van der Waals surface area contributed by atoms with Gasteiger partial charge < -0.3 is 9.67 Å². The Morgan fingerprint density at radius 3 is 2.41 bits per heavy atom. The molecule has 1 saturated carbocycles. The minimum absolute atomic E-state index is 0.0109. The molecule has 3 nitrogen and oxygen atoms in total. The second-order valence-electron chi connectivity index (χ2n) is 4.84. The van der Waals surface area contributed by atoms with E-state index in [0.717, 1.165) is 18.7 Å². The van der Waals surface area contributed by atoms with Gasteiger partial charge in [0.1, 0.15) is 5.82 Å². The second-order valence-corrected chi connectivity index (χ2v) is 4.84. The van der Waals surface area contributed by atoms with Crippen LogP contribution in [0.15, 0.2) is 36.5 Å². The molecule has 1 aromatic carbocycles. The Balaban J connectivity index is 2.12. The summed E-state index contributed by atoms with van der Waals surface area (Å²) in [6.07, 6.45) is 5.13. The van der Waals surface area contributed by atoms with Crippen molar-refractivity contribution < 1.29 is 5.11 Å². The Morgan fingerprint density at radius 2 is 1.94 bits per heavy atom. The fourth-order valence-corrected chi connectivity index (χ4v) is 2.82. The Labute approximate surface area is 101 Å². The number of hydrogen-bond donors (Lipinski definition) is 1. The summed E-state index contributed by atoms with van der Waals surface area (Å²) in [5.74, 6) is 1.09. The van der Waals surface area contributed by atoms with Crippen LogP contribution in [-0.4, -0.2) is 14.7 Å². The van der Waals surface area contributed by atoms with Gasteiger partial charge in [-0.05, 0) is 18.4 Å². The normalized spacial score (nSPS) is 17.7. The van der Waals surface area contributed by atoms with Crippen LogP contribution in [0.1, 0.15) is 30.7 Å². The number of imidazole rings is 1. The van der Waals surface area contributed by atoms with Crippen molar-refractivity contribution in [1.82, 2.24) is 9.55 Å². The Kier molecular flexibility index (Phi) is 2.21. The molecule has 0 bridgehead atoms. The van der Waals surface area contributed by atoms with Crippen molar-refractivity contribution in [3.63, 3.8) is 0 Å². The topological polar surface area (TPSA) is 38.0 Å². The average molecular weight is 228 g/mol. The first-order chi connectivity index (χ1) is 8.22. The van der Waals surface area contributed by atoms with Crippen molar-refractivity contribution in [3.05, 3.63) is 47.9 Å². The highest BCUT2D eigenvalue weighted by atomic mass is 16.3. The summed E-state index contributed by atoms with van der Waals surface area (Å²) in [6, 6.07) is 10.5. The van der Waals surface area contributed by atoms with E-state index in [2.05, 4.69) is 29.2 Å². The fourth-order valence-electron chi connectivity index (χ4n) is 2.82. The van der Waals surface area contributed by atoms with Gasteiger partial charge in [0, 0.05) is 7.05 Å². The minimum atomic E-state index is 0.0109. The van der Waals surface area contributed by atoms with Gasteiger partial charge in [-0.1, -0.05) is 36.8 Å². The molecule has 1 fully saturated rings. The zero-order valence-electron chi connectivity index (χ0n) is 9.93. The first kappa shape index (κ1) is 10.4. The Morgan fingerprint density at radius 1 is 1.24 bits per heavy atom. The van der Waals surface area contributed by atoms with E-state index in [9.17, 15) is 5.11 Å². The van der Waals surface area contributed by atoms with Gasteiger partial charge in [-0.2, -0.15) is 4.98 Å². The number of aryl methyl sites for hydroxylation is 1. The van der Waals surface area contributed by atoms with Gasteiger partial charge in [-0.15, -0.1) is 0 Å². The van der Waals surface area contributed by atoms with E-state index in [1.54, 1.807) is 6.20 Å². The van der Waals surface area contributed by atoms with Gasteiger partial charge >= 0.3 is 0 Å². The second kappa shape index (κ2) is 3.62. The summed E-state index contributed by atoms with van der Waals surface area (Å²) < 4.78 is 1.95. The summed E-state index contributed by atoms with van der Waals surface area (Å²) in [5.41, 5.74) is 1.32. The molecule has 0 amide bonds. The number of aromatic hydroxyl groups is 1. The maximum atomic E-state index is 9.53. The molecule has 3 heteroatoms. The molecule has 1 aliphatic rings. The van der Waals surface area contributed by atoms with Gasteiger partial charge in [-0.3, -0.25) is 0 Å². The standard InChI is InChI=1S/C14H16N2O/c1-16-10-12(17)15-13(16)14(8-5-9-14)11-6-3-2-4-7-11/h2-4,6-7,10,17H,5,8-9H2,1H3. The first-order valence-corrected chi connectivity index (χ1v) is 6.01. The lowest BCUT2D eigenvalue weighted by Crippen LogP contribution is -2.37. The molecule has 88 valence electrons. The molecule has 0 spiro atoms. The van der Waals surface area contributed by atoms with Crippen molar-refractivity contribution in [2.75, 3.05) is 0 Å². The zero-order chi connectivity index (χ0) is 11.9. The molecule has 1 heterocycles. The predicted molar refractivity (Wildman–Crippen MR) is 65.9 cm³/mol. The van der Waals surface area contributed by atoms with Crippen LogP contribution in [0, 0.1) is 0 Å². The van der Waals surface area contributed by atoms with E-state index >= 15 is 0 Å². The minimum Gasteiger partial charge on any atom is -0.492 e. The van der Waals surface area contributed by atoms with E-state index in [1.807, 2.05) is 17.7 Å². The van der Waals surface area contributed by atoms with E-state index < -0.39 is 0 Å². The quantitative estimate of drug-likeness (QED) is 0.858. The molecule has 0 atom stereocenters. The van der Waals surface area contributed by atoms with Crippen LogP contribution in [0.3, 0.4) is 0 Å². The van der Waals surface area contributed by atoms with Gasteiger partial charge in [0.15, 0.2) is 0 Å². The van der Waals surface area contributed by atoms with E-state index in [1.165, 1.54) is 12.0 Å². The van der Waals surface area contributed by atoms with Crippen molar-refractivity contribution >= 4 is 0 Å². The average Bonchev–Trinajstić information content (AvgIpc) is 2.59. The SMILES string of the molecule is Cn1cc(O)nc1C1(c2ccccc2)CCC1. The third kappa shape index (κ3) is 1.46. The van der Waals surface area contributed by atoms with E-state index in [0.29, 0.717) is 0 Å². The van der Waals surface area contributed by atoms with Crippen LogP contribution in [0.25, 0.3) is 0 Å². The monoisotopic (exact) mass is 228 g/mol. The third-order valence-electron chi connectivity index (χ3n) is 3.83. The molecule has 1 aromatic heterocycles. The molecular formula is C14H16N2O. The summed E-state index contributed by atoms with van der Waals surface area (Å²) in [5, 5.41) is 9.53. The summed E-state index contributed by atoms with van der Waals surface area (Å²) in [6.45, 7) is 0. The molecule has 0 radical (unpaired) electrons. The highest BCUT2D eigenvalue weighted by Gasteiger charge is 2.43. The number of hydrogen-bond acceptors (Lipinski definition) is 2. The molecule has 0 aliphatic heterocycles. The molecule has 3 rings (SSSR count). The third-order valence-corrected chi connectivity index (χ3v) is 3.83. The van der Waals surface area contributed by atoms with E-state index in [-0.39, 0.29) is 11.3 Å². The lowest BCUT2D eigenvalue weighted by Gasteiger charge is -2.41. The highest BCUT2D eigenvalue weighted by molar-refractivity contribution is 5.37. The van der Waals surface area contributed by atoms with Gasteiger partial charge in [0.25, 0.3) is 0 Å². The fraction of sp³-hybridized carbons (Fsp3) is 0.357. The van der Waals surface area contributed by atoms with Crippen LogP contribution in [0.5, 0.6) is 5.88 Å². The van der Waals surface area contributed by atoms with Crippen LogP contribution < -0.4 is 0 Å². The van der Waals surface area contributed by atoms with Crippen molar-refractivity contribution in [1.29, 1.82) is 0 Å². The molecule has 0 unspecified atom stereocenters. The number of rotatable bonds is 2. The predicted octanol–water partition coefficient (Wildman–Crippen LogP) is 2.60. The van der Waals surface area contributed by atoms with E-state index in [4.69, 9.17) is 0 Å².